The van der Waals surface area contributed by atoms with Gasteiger partial charge in [0.1, 0.15) is 4.88 Å². The minimum absolute atomic E-state index is 0.0159. The predicted molar refractivity (Wildman–Crippen MR) is 71.4 cm³/mol. The predicted octanol–water partition coefficient (Wildman–Crippen LogP) is 0.928. The van der Waals surface area contributed by atoms with E-state index >= 15 is 0 Å². The van der Waals surface area contributed by atoms with E-state index in [4.69, 9.17) is 5.73 Å². The molecule has 0 unspecified atom stereocenters. The largest absolute Gasteiger partial charge is 0.397 e. The number of rotatable bonds is 2. The number of nitrogens with zero attached hydrogens (tertiary/aromatic N) is 1. The number of thiophene rings is 1. The second-order valence-corrected chi connectivity index (χ2v) is 5.30. The first-order chi connectivity index (χ1) is 8.63. The normalized spacial score (nSPS) is 16.6. The van der Waals surface area contributed by atoms with Crippen molar-refractivity contribution < 1.29 is 9.59 Å². The zero-order chi connectivity index (χ0) is 13.1. The summed E-state index contributed by atoms with van der Waals surface area (Å²) in [4.78, 5) is 26.1. The van der Waals surface area contributed by atoms with E-state index < -0.39 is 0 Å². The highest BCUT2D eigenvalue weighted by atomic mass is 32.1. The summed E-state index contributed by atoms with van der Waals surface area (Å²) in [5.41, 5.74) is 6.28. The number of piperidine rings is 1. The summed E-state index contributed by atoms with van der Waals surface area (Å²) in [5.74, 6) is 0.0790. The Hall–Kier alpha value is -1.56. The topological polar surface area (TPSA) is 75.4 Å². The van der Waals surface area contributed by atoms with E-state index in [1.54, 1.807) is 18.0 Å². The molecule has 5 nitrogen and oxygen atoms in total. The van der Waals surface area contributed by atoms with Crippen molar-refractivity contribution in [3.63, 3.8) is 0 Å². The third-order valence-electron chi connectivity index (χ3n) is 3.29. The van der Waals surface area contributed by atoms with Crippen molar-refractivity contribution in [2.45, 2.75) is 12.8 Å². The van der Waals surface area contributed by atoms with Gasteiger partial charge in [0.15, 0.2) is 0 Å². The number of hydrogen-bond donors (Lipinski definition) is 2. The van der Waals surface area contributed by atoms with Gasteiger partial charge in [-0.15, -0.1) is 11.3 Å². The number of nitrogen functional groups attached to an aromatic ring is 1. The van der Waals surface area contributed by atoms with Gasteiger partial charge < -0.3 is 16.0 Å². The van der Waals surface area contributed by atoms with E-state index in [0.717, 1.165) is 12.8 Å². The molecule has 2 rings (SSSR count). The van der Waals surface area contributed by atoms with Crippen molar-refractivity contribution >= 4 is 28.8 Å². The quantitative estimate of drug-likeness (QED) is 0.837. The Labute approximate surface area is 110 Å². The molecule has 18 heavy (non-hydrogen) atoms. The van der Waals surface area contributed by atoms with Crippen molar-refractivity contribution in [1.29, 1.82) is 0 Å². The van der Waals surface area contributed by atoms with Crippen LogP contribution in [0.2, 0.25) is 0 Å². The number of hydrogen-bond acceptors (Lipinski definition) is 4. The summed E-state index contributed by atoms with van der Waals surface area (Å²) < 4.78 is 0. The highest BCUT2D eigenvalue weighted by Gasteiger charge is 2.28. The summed E-state index contributed by atoms with van der Waals surface area (Å²) in [6, 6.07) is 1.75. The Morgan fingerprint density at radius 1 is 1.44 bits per heavy atom. The molecule has 1 aromatic rings. The highest BCUT2D eigenvalue weighted by Crippen LogP contribution is 2.24. The van der Waals surface area contributed by atoms with E-state index in [0.29, 0.717) is 23.7 Å². The second kappa shape index (κ2) is 5.39. The van der Waals surface area contributed by atoms with Crippen LogP contribution in [0.1, 0.15) is 22.5 Å². The lowest BCUT2D eigenvalue weighted by atomic mass is 9.96. The van der Waals surface area contributed by atoms with Gasteiger partial charge in [-0.3, -0.25) is 9.59 Å². The van der Waals surface area contributed by atoms with Crippen LogP contribution in [0, 0.1) is 5.92 Å². The third-order valence-corrected chi connectivity index (χ3v) is 4.21. The first-order valence-electron chi connectivity index (χ1n) is 5.97. The zero-order valence-electron chi connectivity index (χ0n) is 10.3. The molecule has 0 radical (unpaired) electrons. The van der Waals surface area contributed by atoms with Gasteiger partial charge in [-0.25, -0.2) is 0 Å². The lowest BCUT2D eigenvalue weighted by molar-refractivity contribution is -0.125. The van der Waals surface area contributed by atoms with Crippen LogP contribution in [-0.2, 0) is 4.79 Å². The minimum atomic E-state index is -0.0159. The number of nitrogens with one attached hydrogen (secondary N) is 1. The van der Waals surface area contributed by atoms with Crippen molar-refractivity contribution in [2.75, 3.05) is 25.9 Å². The molecule has 0 bridgehead atoms. The van der Waals surface area contributed by atoms with Crippen LogP contribution < -0.4 is 11.1 Å². The molecule has 6 heteroatoms. The molecule has 0 spiro atoms. The lowest BCUT2D eigenvalue weighted by Crippen LogP contribution is -2.42. The third kappa shape index (κ3) is 2.48. The minimum Gasteiger partial charge on any atom is -0.397 e. The molecular formula is C12H17N3O2S. The van der Waals surface area contributed by atoms with Gasteiger partial charge in [0.25, 0.3) is 5.91 Å². The summed E-state index contributed by atoms with van der Waals surface area (Å²) in [5, 5.41) is 4.47. The van der Waals surface area contributed by atoms with E-state index in [-0.39, 0.29) is 17.7 Å². The monoisotopic (exact) mass is 267 g/mol. The Balaban J connectivity index is 1.96. The molecule has 0 aromatic carbocycles. The maximum Gasteiger partial charge on any atom is 0.266 e. The number of amides is 2. The fourth-order valence-electron chi connectivity index (χ4n) is 2.19. The maximum atomic E-state index is 12.2. The zero-order valence-corrected chi connectivity index (χ0v) is 11.1. The van der Waals surface area contributed by atoms with Gasteiger partial charge in [0.05, 0.1) is 5.69 Å². The number of likely N-dealkylation sites (tertiary alicyclic amines) is 1. The highest BCUT2D eigenvalue weighted by molar-refractivity contribution is 7.12. The fraction of sp³-hybridized carbons (Fsp3) is 0.500. The number of carbonyl (C=O) groups excluding carboxylic acids is 2. The molecular weight excluding hydrogens is 250 g/mol. The van der Waals surface area contributed by atoms with Crippen LogP contribution in [-0.4, -0.2) is 36.9 Å². The Kier molecular flexibility index (Phi) is 3.86. The fourth-order valence-corrected chi connectivity index (χ4v) is 2.97. The summed E-state index contributed by atoms with van der Waals surface area (Å²) >= 11 is 1.37. The smallest absolute Gasteiger partial charge is 0.266 e. The van der Waals surface area contributed by atoms with Crippen LogP contribution in [0.5, 0.6) is 0 Å². The van der Waals surface area contributed by atoms with Crippen molar-refractivity contribution in [3.8, 4) is 0 Å². The average Bonchev–Trinajstić information content (AvgIpc) is 2.83. The van der Waals surface area contributed by atoms with Crippen molar-refractivity contribution in [2.24, 2.45) is 5.92 Å². The number of carbonyl (C=O) groups is 2. The molecule has 1 fully saturated rings. The van der Waals surface area contributed by atoms with Crippen molar-refractivity contribution in [3.05, 3.63) is 16.3 Å². The maximum absolute atomic E-state index is 12.2. The van der Waals surface area contributed by atoms with Gasteiger partial charge in [0.2, 0.25) is 5.91 Å². The Bertz CT molecular complexity index is 450. The van der Waals surface area contributed by atoms with Crippen LogP contribution in [0.4, 0.5) is 5.69 Å². The molecule has 2 amide bonds. The summed E-state index contributed by atoms with van der Waals surface area (Å²) in [6.45, 7) is 1.24. The molecule has 3 N–H and O–H groups in total. The van der Waals surface area contributed by atoms with Crippen molar-refractivity contribution in [1.82, 2.24) is 10.2 Å². The van der Waals surface area contributed by atoms with Gasteiger partial charge in [0, 0.05) is 26.1 Å². The van der Waals surface area contributed by atoms with Gasteiger partial charge >= 0.3 is 0 Å². The van der Waals surface area contributed by atoms with E-state index in [2.05, 4.69) is 5.32 Å². The molecule has 1 aliphatic rings. The van der Waals surface area contributed by atoms with Crippen LogP contribution >= 0.6 is 11.3 Å². The first-order valence-corrected chi connectivity index (χ1v) is 6.85. The number of anilines is 1. The first kappa shape index (κ1) is 12.9. The molecule has 98 valence electrons. The Morgan fingerprint density at radius 3 is 2.61 bits per heavy atom. The molecule has 1 saturated heterocycles. The average molecular weight is 267 g/mol. The van der Waals surface area contributed by atoms with Gasteiger partial charge in [-0.1, -0.05) is 0 Å². The number of nitrogens with two attached hydrogens (primary N) is 1. The molecule has 0 aliphatic carbocycles. The molecule has 1 aromatic heterocycles. The molecule has 1 aliphatic heterocycles. The molecule has 2 heterocycles. The second-order valence-electron chi connectivity index (χ2n) is 4.39. The molecule has 0 saturated carbocycles. The van der Waals surface area contributed by atoms with Crippen LogP contribution in [0.25, 0.3) is 0 Å². The standard InChI is InChI=1S/C12H17N3O2S/c1-14-11(16)8-2-5-15(6-3-8)12(17)10-9(13)4-7-18-10/h4,7-8H,2-3,5-6,13H2,1H3,(H,14,16). The Morgan fingerprint density at radius 2 is 2.11 bits per heavy atom. The van der Waals surface area contributed by atoms with Gasteiger partial charge in [-0.2, -0.15) is 0 Å². The summed E-state index contributed by atoms with van der Waals surface area (Å²) in [7, 11) is 1.65. The van der Waals surface area contributed by atoms with Crippen LogP contribution in [0.15, 0.2) is 11.4 Å². The summed E-state index contributed by atoms with van der Waals surface area (Å²) in [6.07, 6.45) is 1.44. The van der Waals surface area contributed by atoms with E-state index in [1.165, 1.54) is 11.3 Å². The SMILES string of the molecule is CNC(=O)C1CCN(C(=O)c2sccc2N)CC1. The van der Waals surface area contributed by atoms with E-state index in [1.807, 2.05) is 5.38 Å². The van der Waals surface area contributed by atoms with Crippen LogP contribution in [0.3, 0.4) is 0 Å². The van der Waals surface area contributed by atoms with E-state index in [9.17, 15) is 9.59 Å². The lowest BCUT2D eigenvalue weighted by Gasteiger charge is -2.30. The van der Waals surface area contributed by atoms with Gasteiger partial charge in [-0.05, 0) is 24.3 Å². The molecule has 0 atom stereocenters.